The van der Waals surface area contributed by atoms with Gasteiger partial charge in [0.2, 0.25) is 0 Å². The Morgan fingerprint density at radius 1 is 0.382 bits per heavy atom. The molecule has 0 aliphatic carbocycles. The molecule has 0 unspecified atom stereocenters. The number of rotatable bonds is 7. The maximum atomic E-state index is 5.45. The number of aromatic nitrogens is 6. The van der Waals surface area contributed by atoms with Gasteiger partial charge in [-0.3, -0.25) is 0 Å². The van der Waals surface area contributed by atoms with E-state index < -0.39 is 0 Å². The van der Waals surface area contributed by atoms with Crippen LogP contribution in [0, 0.1) is 0 Å². The molecule has 0 spiro atoms. The van der Waals surface area contributed by atoms with Crippen LogP contribution in [0.25, 0.3) is 105 Å². The van der Waals surface area contributed by atoms with Crippen molar-refractivity contribution in [2.24, 2.45) is 0 Å². The Balaban J connectivity index is 0.998. The molecule has 0 atom stereocenters. The molecule has 9 aromatic carbocycles. The lowest BCUT2D eigenvalue weighted by molar-refractivity contribution is 0.538. The first-order valence-electron chi connectivity index (χ1n) is 23.4. The molecule has 0 bridgehead atoms. The average Bonchev–Trinajstić information content (AvgIpc) is 4.02. The van der Waals surface area contributed by atoms with E-state index in [0.29, 0.717) is 12.2 Å². The van der Waals surface area contributed by atoms with Crippen LogP contribution in [0.4, 0.5) is 0 Å². The van der Waals surface area contributed by atoms with E-state index in [1.54, 1.807) is 0 Å². The summed E-state index contributed by atoms with van der Waals surface area (Å²) in [4.78, 5) is 16.1. The van der Waals surface area contributed by atoms with E-state index in [2.05, 4.69) is 247 Å². The predicted octanol–water partition coefficient (Wildman–Crippen LogP) is 15.4. The van der Waals surface area contributed by atoms with Crippen LogP contribution in [0.2, 0.25) is 0 Å². The third-order valence-corrected chi connectivity index (χ3v) is 13.6. The Kier molecular flexibility index (Phi) is 9.06. The second kappa shape index (κ2) is 15.5. The molecule has 0 saturated carbocycles. The second-order valence-corrected chi connectivity index (χ2v) is 18.8. The quantitative estimate of drug-likeness (QED) is 0.160. The molecule has 13 rings (SSSR count). The summed E-state index contributed by atoms with van der Waals surface area (Å²) in [6, 6.07) is 76.4. The van der Waals surface area contributed by atoms with Crippen molar-refractivity contribution in [2.75, 3.05) is 0 Å². The van der Waals surface area contributed by atoms with Crippen LogP contribution < -0.4 is 0 Å². The topological polar surface area (TPSA) is 53.5 Å². The van der Waals surface area contributed by atoms with E-state index >= 15 is 0 Å². The Bertz CT molecular complexity index is 4000. The minimum Gasteiger partial charge on any atom is -0.309 e. The van der Waals surface area contributed by atoms with E-state index in [0.717, 1.165) is 73.0 Å². The molecule has 324 valence electrons. The Morgan fingerprint density at radius 3 is 1.47 bits per heavy atom. The smallest absolute Gasteiger partial charge is 0.165 e. The minimum absolute atomic E-state index is 0.348. The molecule has 13 aromatic rings. The number of para-hydroxylation sites is 7. The van der Waals surface area contributed by atoms with Crippen molar-refractivity contribution in [1.82, 2.24) is 28.7 Å². The summed E-state index contributed by atoms with van der Waals surface area (Å²) in [7, 11) is 0. The van der Waals surface area contributed by atoms with Crippen molar-refractivity contribution in [3.8, 4) is 39.6 Å². The largest absolute Gasteiger partial charge is 0.309 e. The minimum atomic E-state index is -0.348. The van der Waals surface area contributed by atoms with Crippen molar-refractivity contribution >= 4 is 65.4 Å². The fraction of sp³-hybridized carbons (Fsp3) is 0.0806. The van der Waals surface area contributed by atoms with Gasteiger partial charge in [0.1, 0.15) is 11.6 Å². The van der Waals surface area contributed by atoms with Gasteiger partial charge in [-0.25, -0.2) is 15.0 Å². The van der Waals surface area contributed by atoms with E-state index in [-0.39, 0.29) is 5.41 Å². The van der Waals surface area contributed by atoms with Gasteiger partial charge in [0, 0.05) is 61.0 Å². The van der Waals surface area contributed by atoms with E-state index in [1.165, 1.54) is 43.4 Å². The molecule has 6 heteroatoms. The Hall–Kier alpha value is -8.61. The SMILES string of the molecule is CC(C)(C)c1nc(Cc2cccc(-c3ccccc3)c2-n2c3ccccc3c3ccccc32)nc(-c2ccccc2-n2c3ccccc3c3cc(-n4c5ccccc5c5ccccc54)ccc32)n1. The van der Waals surface area contributed by atoms with Crippen LogP contribution >= 0.6 is 0 Å². The Labute approximate surface area is 394 Å². The molecule has 0 amide bonds. The van der Waals surface area contributed by atoms with Crippen molar-refractivity contribution < 1.29 is 0 Å². The van der Waals surface area contributed by atoms with Gasteiger partial charge in [0.15, 0.2) is 5.82 Å². The number of hydrogen-bond donors (Lipinski definition) is 0. The van der Waals surface area contributed by atoms with Gasteiger partial charge >= 0.3 is 0 Å². The lowest BCUT2D eigenvalue weighted by Crippen LogP contribution is -2.19. The number of fused-ring (bicyclic) bond motifs is 9. The summed E-state index contributed by atoms with van der Waals surface area (Å²) in [6.07, 6.45) is 0.499. The molecule has 0 aliphatic heterocycles. The van der Waals surface area contributed by atoms with Gasteiger partial charge in [-0.05, 0) is 71.8 Å². The Morgan fingerprint density at radius 2 is 0.868 bits per heavy atom. The van der Waals surface area contributed by atoms with Gasteiger partial charge in [0.25, 0.3) is 0 Å². The highest BCUT2D eigenvalue weighted by Gasteiger charge is 2.25. The molecular formula is C62H46N6. The third kappa shape index (κ3) is 6.29. The fourth-order valence-corrected chi connectivity index (χ4v) is 10.6. The summed E-state index contributed by atoms with van der Waals surface area (Å²) < 4.78 is 7.23. The maximum absolute atomic E-state index is 5.45. The predicted molar refractivity (Wildman–Crippen MR) is 282 cm³/mol. The van der Waals surface area contributed by atoms with Crippen LogP contribution in [0.3, 0.4) is 0 Å². The summed E-state index contributed by atoms with van der Waals surface area (Å²) in [5, 5.41) is 7.30. The summed E-state index contributed by atoms with van der Waals surface area (Å²) in [5.41, 5.74) is 14.2. The average molecular weight is 875 g/mol. The van der Waals surface area contributed by atoms with Gasteiger partial charge < -0.3 is 13.7 Å². The van der Waals surface area contributed by atoms with Crippen molar-refractivity contribution in [2.45, 2.75) is 32.6 Å². The van der Waals surface area contributed by atoms with Gasteiger partial charge in [-0.15, -0.1) is 0 Å². The van der Waals surface area contributed by atoms with Crippen LogP contribution in [0.5, 0.6) is 0 Å². The maximum Gasteiger partial charge on any atom is 0.165 e. The fourth-order valence-electron chi connectivity index (χ4n) is 10.6. The van der Waals surface area contributed by atoms with Crippen molar-refractivity contribution in [3.63, 3.8) is 0 Å². The summed E-state index contributed by atoms with van der Waals surface area (Å²) in [5.74, 6) is 2.13. The molecule has 6 nitrogen and oxygen atoms in total. The zero-order valence-corrected chi connectivity index (χ0v) is 38.1. The third-order valence-electron chi connectivity index (χ3n) is 13.6. The molecule has 0 N–H and O–H groups in total. The molecule has 4 heterocycles. The van der Waals surface area contributed by atoms with Crippen LogP contribution in [0.1, 0.15) is 38.0 Å². The van der Waals surface area contributed by atoms with Crippen LogP contribution in [-0.4, -0.2) is 28.7 Å². The van der Waals surface area contributed by atoms with Gasteiger partial charge in [-0.1, -0.05) is 172 Å². The molecule has 0 aliphatic rings. The van der Waals surface area contributed by atoms with E-state index in [1.807, 2.05) is 0 Å². The summed E-state index contributed by atoms with van der Waals surface area (Å²) in [6.45, 7) is 6.55. The van der Waals surface area contributed by atoms with Gasteiger partial charge in [0.05, 0.1) is 44.5 Å². The second-order valence-electron chi connectivity index (χ2n) is 18.8. The van der Waals surface area contributed by atoms with E-state index in [9.17, 15) is 0 Å². The molecule has 0 saturated heterocycles. The first kappa shape index (κ1) is 39.7. The highest BCUT2D eigenvalue weighted by Crippen LogP contribution is 2.41. The highest BCUT2D eigenvalue weighted by atomic mass is 15.1. The highest BCUT2D eigenvalue weighted by molar-refractivity contribution is 6.13. The molecule has 68 heavy (non-hydrogen) atoms. The zero-order valence-electron chi connectivity index (χ0n) is 38.1. The first-order valence-corrected chi connectivity index (χ1v) is 23.4. The standard InChI is InChI=1S/C62H46N6/c1-62(2,3)61-64-58(38-41-22-19-29-43(40-20-5-4-6-21-40)59(41)68-54-33-16-9-25-46(54)47-26-10-17-34-55(47)68)63-60(65-61)49-28-12-18-35-56(49)67-53-32-15-11-27-48(53)50-39-42(36-37-57(50)67)66-51-30-13-7-23-44(51)45-24-8-14-31-52(45)66/h4-37,39H,38H2,1-3H3. The normalized spacial score (nSPS) is 12.1. The van der Waals surface area contributed by atoms with Gasteiger partial charge in [-0.2, -0.15) is 0 Å². The first-order chi connectivity index (χ1) is 33.4. The number of nitrogens with zero attached hydrogens (tertiary/aromatic N) is 6. The number of benzene rings is 9. The lowest BCUT2D eigenvalue weighted by atomic mass is 9.95. The lowest BCUT2D eigenvalue weighted by Gasteiger charge is -2.21. The zero-order chi connectivity index (χ0) is 45.5. The monoisotopic (exact) mass is 874 g/mol. The van der Waals surface area contributed by atoms with Crippen molar-refractivity contribution in [1.29, 1.82) is 0 Å². The van der Waals surface area contributed by atoms with Crippen molar-refractivity contribution in [3.05, 3.63) is 230 Å². The van der Waals surface area contributed by atoms with Crippen LogP contribution in [-0.2, 0) is 11.8 Å². The molecular weight excluding hydrogens is 829 g/mol. The molecule has 0 radical (unpaired) electrons. The molecule has 4 aromatic heterocycles. The molecule has 0 fully saturated rings. The summed E-state index contributed by atoms with van der Waals surface area (Å²) >= 11 is 0. The van der Waals surface area contributed by atoms with E-state index in [4.69, 9.17) is 15.0 Å². The van der Waals surface area contributed by atoms with Crippen LogP contribution in [0.15, 0.2) is 212 Å². The number of hydrogen-bond acceptors (Lipinski definition) is 3.